The lowest BCUT2D eigenvalue weighted by Crippen LogP contribution is -1.99. The summed E-state index contributed by atoms with van der Waals surface area (Å²) in [6, 6.07) is 0. The van der Waals surface area contributed by atoms with Gasteiger partial charge in [-0.1, -0.05) is 12.8 Å². The van der Waals surface area contributed by atoms with Gasteiger partial charge < -0.3 is 4.74 Å². The van der Waals surface area contributed by atoms with E-state index in [-0.39, 0.29) is 5.97 Å². The van der Waals surface area contributed by atoms with Crippen LogP contribution < -0.4 is 0 Å². The van der Waals surface area contributed by atoms with Gasteiger partial charge in [-0.25, -0.2) is 4.98 Å². The summed E-state index contributed by atoms with van der Waals surface area (Å²) in [5.41, 5.74) is 0.801. The van der Waals surface area contributed by atoms with Gasteiger partial charge in [0.25, 0.3) is 5.24 Å². The molecule has 0 aliphatic rings. The highest BCUT2D eigenvalue weighted by molar-refractivity contribution is 7.15. The van der Waals surface area contributed by atoms with E-state index in [1.165, 1.54) is 18.4 Å². The highest BCUT2D eigenvalue weighted by Crippen LogP contribution is 2.22. The molecule has 0 amide bonds. The van der Waals surface area contributed by atoms with E-state index < -0.39 is 5.24 Å². The standard InChI is InChI=1S/C13H18ClNO3S/c1-9-15-10(12(19-9)13(14)17)7-5-3-4-6-8-11(16)18-2/h3-8H2,1-2H3. The van der Waals surface area contributed by atoms with E-state index in [0.717, 1.165) is 42.8 Å². The molecule has 0 spiro atoms. The van der Waals surface area contributed by atoms with Crippen molar-refractivity contribution in [3.63, 3.8) is 0 Å². The molecule has 0 saturated heterocycles. The summed E-state index contributed by atoms with van der Waals surface area (Å²) < 4.78 is 4.57. The molecule has 1 heterocycles. The van der Waals surface area contributed by atoms with Gasteiger partial charge in [-0.15, -0.1) is 11.3 Å². The van der Waals surface area contributed by atoms with Gasteiger partial charge in [0.2, 0.25) is 0 Å². The number of hydrogen-bond acceptors (Lipinski definition) is 5. The topological polar surface area (TPSA) is 56.3 Å². The minimum atomic E-state index is -0.425. The third-order valence-electron chi connectivity index (χ3n) is 2.75. The van der Waals surface area contributed by atoms with Crippen molar-refractivity contribution >= 4 is 34.1 Å². The molecular weight excluding hydrogens is 286 g/mol. The second-order valence-electron chi connectivity index (χ2n) is 4.27. The van der Waals surface area contributed by atoms with Crippen LogP contribution in [0.4, 0.5) is 0 Å². The lowest BCUT2D eigenvalue weighted by atomic mass is 10.1. The molecule has 0 aliphatic heterocycles. The van der Waals surface area contributed by atoms with Gasteiger partial charge >= 0.3 is 5.97 Å². The van der Waals surface area contributed by atoms with Crippen LogP contribution >= 0.6 is 22.9 Å². The van der Waals surface area contributed by atoms with E-state index in [9.17, 15) is 9.59 Å². The molecule has 1 aromatic heterocycles. The maximum Gasteiger partial charge on any atom is 0.305 e. The van der Waals surface area contributed by atoms with Crippen LogP contribution in [0, 0.1) is 6.92 Å². The number of unbranched alkanes of at least 4 members (excludes halogenated alkanes) is 3. The summed E-state index contributed by atoms with van der Waals surface area (Å²) in [5.74, 6) is -0.162. The summed E-state index contributed by atoms with van der Waals surface area (Å²) >= 11 is 6.86. The number of hydrogen-bond donors (Lipinski definition) is 0. The number of carbonyl (C=O) groups is 2. The minimum Gasteiger partial charge on any atom is -0.469 e. The molecule has 4 nitrogen and oxygen atoms in total. The Morgan fingerprint density at radius 1 is 1.26 bits per heavy atom. The predicted octanol–water partition coefficient (Wildman–Crippen LogP) is 3.50. The van der Waals surface area contributed by atoms with Crippen LogP contribution in [-0.4, -0.2) is 23.3 Å². The Morgan fingerprint density at radius 2 is 1.95 bits per heavy atom. The smallest absolute Gasteiger partial charge is 0.305 e. The van der Waals surface area contributed by atoms with E-state index in [0.29, 0.717) is 11.3 Å². The molecule has 6 heteroatoms. The maximum absolute atomic E-state index is 11.2. The van der Waals surface area contributed by atoms with Crippen molar-refractivity contribution in [1.29, 1.82) is 0 Å². The summed E-state index contributed by atoms with van der Waals surface area (Å²) in [4.78, 5) is 27.0. The summed E-state index contributed by atoms with van der Waals surface area (Å²) in [7, 11) is 1.40. The number of aryl methyl sites for hydroxylation is 2. The van der Waals surface area contributed by atoms with Crippen LogP contribution in [0.1, 0.15) is 52.5 Å². The van der Waals surface area contributed by atoms with Gasteiger partial charge in [-0.2, -0.15) is 0 Å². The Labute approximate surface area is 122 Å². The zero-order valence-electron chi connectivity index (χ0n) is 11.2. The molecule has 0 radical (unpaired) electrons. The number of carbonyl (C=O) groups excluding carboxylic acids is 2. The highest BCUT2D eigenvalue weighted by atomic mass is 35.5. The quantitative estimate of drug-likeness (QED) is 0.419. The Kier molecular flexibility index (Phi) is 7.02. The molecule has 0 unspecified atom stereocenters. The number of esters is 1. The first-order chi connectivity index (χ1) is 9.04. The molecule has 1 aromatic rings. The number of ether oxygens (including phenoxy) is 1. The molecule has 1 rings (SSSR count). The molecule has 0 N–H and O–H groups in total. The Morgan fingerprint density at radius 3 is 2.58 bits per heavy atom. The minimum absolute atomic E-state index is 0.162. The number of rotatable bonds is 8. The van der Waals surface area contributed by atoms with Crippen molar-refractivity contribution in [1.82, 2.24) is 4.98 Å². The molecule has 106 valence electrons. The Hall–Kier alpha value is -0.940. The van der Waals surface area contributed by atoms with Crippen LogP contribution in [0.2, 0.25) is 0 Å². The fourth-order valence-electron chi connectivity index (χ4n) is 1.81. The average Bonchev–Trinajstić information content (AvgIpc) is 2.74. The predicted molar refractivity (Wildman–Crippen MR) is 75.8 cm³/mol. The van der Waals surface area contributed by atoms with Crippen molar-refractivity contribution in [2.75, 3.05) is 7.11 Å². The van der Waals surface area contributed by atoms with Crippen LogP contribution in [0.25, 0.3) is 0 Å². The Balaban J connectivity index is 2.26. The van der Waals surface area contributed by atoms with E-state index >= 15 is 0 Å². The lowest BCUT2D eigenvalue weighted by molar-refractivity contribution is -0.140. The largest absolute Gasteiger partial charge is 0.469 e. The number of methoxy groups -OCH3 is 1. The molecule has 0 saturated carbocycles. The third-order valence-corrected chi connectivity index (χ3v) is 4.07. The summed E-state index contributed by atoms with van der Waals surface area (Å²) in [6.45, 7) is 1.87. The van der Waals surface area contributed by atoms with Crippen LogP contribution in [0.5, 0.6) is 0 Å². The molecule has 0 bridgehead atoms. The van der Waals surface area contributed by atoms with Crippen molar-refractivity contribution in [2.24, 2.45) is 0 Å². The SMILES string of the molecule is COC(=O)CCCCCCc1nc(C)sc1C(=O)Cl. The molecule has 0 aliphatic carbocycles. The second kappa shape index (κ2) is 8.27. The van der Waals surface area contributed by atoms with E-state index in [1.807, 2.05) is 6.92 Å². The van der Waals surface area contributed by atoms with E-state index in [4.69, 9.17) is 11.6 Å². The first-order valence-corrected chi connectivity index (χ1v) is 7.47. The molecule has 0 aromatic carbocycles. The van der Waals surface area contributed by atoms with Gasteiger partial charge in [-0.3, -0.25) is 9.59 Å². The van der Waals surface area contributed by atoms with Crippen LogP contribution in [-0.2, 0) is 16.0 Å². The normalized spacial score (nSPS) is 10.5. The number of halogens is 1. The highest BCUT2D eigenvalue weighted by Gasteiger charge is 2.14. The number of aromatic nitrogens is 1. The monoisotopic (exact) mass is 303 g/mol. The van der Waals surface area contributed by atoms with Gasteiger partial charge in [0.15, 0.2) is 0 Å². The molecular formula is C13H18ClNO3S. The van der Waals surface area contributed by atoms with Crippen molar-refractivity contribution in [3.8, 4) is 0 Å². The van der Waals surface area contributed by atoms with Crippen molar-refractivity contribution in [2.45, 2.75) is 45.4 Å². The first kappa shape index (κ1) is 16.1. The van der Waals surface area contributed by atoms with Gasteiger partial charge in [0.05, 0.1) is 17.8 Å². The Bertz CT molecular complexity index is 445. The van der Waals surface area contributed by atoms with Gasteiger partial charge in [0, 0.05) is 6.42 Å². The van der Waals surface area contributed by atoms with Crippen LogP contribution in [0.15, 0.2) is 0 Å². The van der Waals surface area contributed by atoms with E-state index in [2.05, 4.69) is 9.72 Å². The molecule has 0 fully saturated rings. The van der Waals surface area contributed by atoms with Gasteiger partial charge in [-0.05, 0) is 37.8 Å². The zero-order chi connectivity index (χ0) is 14.3. The molecule has 19 heavy (non-hydrogen) atoms. The summed E-state index contributed by atoms with van der Waals surface area (Å²) in [6.07, 6.45) is 4.99. The number of nitrogens with zero attached hydrogens (tertiary/aromatic N) is 1. The third kappa shape index (κ3) is 5.70. The summed E-state index contributed by atoms with van der Waals surface area (Å²) in [5, 5.41) is 0.441. The lowest BCUT2D eigenvalue weighted by Gasteiger charge is -2.01. The maximum atomic E-state index is 11.2. The van der Waals surface area contributed by atoms with Crippen molar-refractivity contribution in [3.05, 3.63) is 15.6 Å². The first-order valence-electron chi connectivity index (χ1n) is 6.27. The van der Waals surface area contributed by atoms with E-state index in [1.54, 1.807) is 0 Å². The van der Waals surface area contributed by atoms with Gasteiger partial charge in [0.1, 0.15) is 4.88 Å². The van der Waals surface area contributed by atoms with Crippen molar-refractivity contribution < 1.29 is 14.3 Å². The fraction of sp³-hybridized carbons (Fsp3) is 0.615. The number of thiazole rings is 1. The second-order valence-corrected chi connectivity index (χ2v) is 5.82. The average molecular weight is 304 g/mol. The van der Waals surface area contributed by atoms with Crippen LogP contribution in [0.3, 0.4) is 0 Å². The molecule has 0 atom stereocenters. The fourth-order valence-corrected chi connectivity index (χ4v) is 2.83. The zero-order valence-corrected chi connectivity index (χ0v) is 12.8.